The minimum atomic E-state index is -3.16. The number of Topliss-reactive ketones (excluding diaryl/α,β-unsaturated/α-hetero) is 2. The van der Waals surface area contributed by atoms with E-state index < -0.39 is 36.3 Å². The zero-order chi connectivity index (χ0) is 12.0. The molecule has 0 saturated carbocycles. The number of methoxy groups -OCH3 is 1. The third kappa shape index (κ3) is 4.14. The molecule has 0 spiro atoms. The van der Waals surface area contributed by atoms with Crippen molar-refractivity contribution in [2.24, 2.45) is 5.92 Å². The van der Waals surface area contributed by atoms with Crippen molar-refractivity contribution in [1.29, 1.82) is 0 Å². The van der Waals surface area contributed by atoms with E-state index in [9.17, 15) is 23.2 Å². The molecule has 15 heavy (non-hydrogen) atoms. The largest absolute Gasteiger partial charge is 0.468 e. The fourth-order valence-corrected chi connectivity index (χ4v) is 1.01. The predicted molar refractivity (Wildman–Crippen MR) is 46.4 cm³/mol. The quantitative estimate of drug-likeness (QED) is 0.496. The highest BCUT2D eigenvalue weighted by atomic mass is 19.3. The molecular weight excluding hydrogens is 210 g/mol. The average Bonchev–Trinajstić information content (AvgIpc) is 2.23. The zero-order valence-corrected chi connectivity index (χ0v) is 8.46. The molecule has 0 bridgehead atoms. The second-order valence-electron chi connectivity index (χ2n) is 2.87. The van der Waals surface area contributed by atoms with Crippen molar-refractivity contribution in [2.45, 2.75) is 26.2 Å². The molecule has 1 atom stereocenters. The van der Waals surface area contributed by atoms with Crippen molar-refractivity contribution >= 4 is 17.5 Å². The maximum atomic E-state index is 11.9. The van der Waals surface area contributed by atoms with Gasteiger partial charge in [-0.05, 0) is 0 Å². The summed E-state index contributed by atoms with van der Waals surface area (Å²) in [4.78, 5) is 32.9. The third-order valence-corrected chi connectivity index (χ3v) is 1.87. The minimum absolute atomic E-state index is 0.00369. The fraction of sp³-hybridized carbons (Fsp3) is 0.667. The molecular formula is C9H12F2O4. The Kier molecular flexibility index (Phi) is 5.66. The van der Waals surface area contributed by atoms with Crippen LogP contribution >= 0.6 is 0 Å². The zero-order valence-electron chi connectivity index (χ0n) is 8.46. The number of hydrogen-bond acceptors (Lipinski definition) is 4. The van der Waals surface area contributed by atoms with Crippen LogP contribution in [0.5, 0.6) is 0 Å². The summed E-state index contributed by atoms with van der Waals surface area (Å²) in [5.41, 5.74) is 0. The van der Waals surface area contributed by atoms with E-state index in [0.29, 0.717) is 0 Å². The Balaban J connectivity index is 4.59. The highest BCUT2D eigenvalue weighted by Crippen LogP contribution is 2.13. The number of esters is 1. The van der Waals surface area contributed by atoms with Crippen LogP contribution in [0.4, 0.5) is 8.78 Å². The number of carbonyl (C=O) groups is 3. The molecule has 4 nitrogen and oxygen atoms in total. The second kappa shape index (κ2) is 6.21. The fourth-order valence-electron chi connectivity index (χ4n) is 1.01. The van der Waals surface area contributed by atoms with Crippen molar-refractivity contribution in [1.82, 2.24) is 0 Å². The number of halogens is 2. The van der Waals surface area contributed by atoms with Gasteiger partial charge in [-0.1, -0.05) is 6.92 Å². The Morgan fingerprint density at radius 2 is 1.73 bits per heavy atom. The SMILES string of the molecule is CCC(=O)C(CC(=O)C(F)F)C(=O)OC. The average molecular weight is 222 g/mol. The lowest BCUT2D eigenvalue weighted by molar-refractivity contribution is -0.152. The van der Waals surface area contributed by atoms with E-state index in [1.807, 2.05) is 0 Å². The Morgan fingerprint density at radius 3 is 2.07 bits per heavy atom. The van der Waals surface area contributed by atoms with Crippen LogP contribution in [0.1, 0.15) is 19.8 Å². The maximum Gasteiger partial charge on any atom is 0.316 e. The van der Waals surface area contributed by atoms with Crippen LogP contribution in [0.25, 0.3) is 0 Å². The number of carbonyl (C=O) groups excluding carboxylic acids is 3. The van der Waals surface area contributed by atoms with Gasteiger partial charge in [0.1, 0.15) is 11.7 Å². The number of ketones is 2. The summed E-state index contributed by atoms with van der Waals surface area (Å²) >= 11 is 0. The molecule has 0 radical (unpaired) electrons. The molecule has 0 rings (SSSR count). The van der Waals surface area contributed by atoms with Gasteiger partial charge in [0, 0.05) is 12.8 Å². The van der Waals surface area contributed by atoms with E-state index in [0.717, 1.165) is 7.11 Å². The first-order chi connectivity index (χ1) is 6.93. The van der Waals surface area contributed by atoms with Gasteiger partial charge in [-0.25, -0.2) is 8.78 Å². The first kappa shape index (κ1) is 13.7. The van der Waals surface area contributed by atoms with E-state index >= 15 is 0 Å². The van der Waals surface area contributed by atoms with Gasteiger partial charge in [0.25, 0.3) is 6.43 Å². The summed E-state index contributed by atoms with van der Waals surface area (Å²) in [6.45, 7) is 1.48. The van der Waals surface area contributed by atoms with Gasteiger partial charge in [-0.3, -0.25) is 14.4 Å². The highest BCUT2D eigenvalue weighted by molar-refractivity contribution is 6.02. The summed E-state index contributed by atoms with van der Waals surface area (Å²) in [6.07, 6.45) is -3.96. The van der Waals surface area contributed by atoms with Gasteiger partial charge in [0.2, 0.25) is 0 Å². The van der Waals surface area contributed by atoms with Crippen LogP contribution in [0, 0.1) is 5.92 Å². The monoisotopic (exact) mass is 222 g/mol. The minimum Gasteiger partial charge on any atom is -0.468 e. The highest BCUT2D eigenvalue weighted by Gasteiger charge is 2.31. The van der Waals surface area contributed by atoms with E-state index in [2.05, 4.69) is 4.74 Å². The molecule has 0 amide bonds. The maximum absolute atomic E-state index is 11.9. The summed E-state index contributed by atoms with van der Waals surface area (Å²) in [5.74, 6) is -4.35. The Bertz CT molecular complexity index is 247. The second-order valence-corrected chi connectivity index (χ2v) is 2.87. The standard InChI is InChI=1S/C9H12F2O4/c1-3-6(12)5(9(14)15-2)4-7(13)8(10)11/h5,8H,3-4H2,1-2H3. The van der Waals surface area contributed by atoms with E-state index in [-0.39, 0.29) is 6.42 Å². The molecule has 0 aliphatic rings. The number of alkyl halides is 2. The number of ether oxygens (including phenoxy) is 1. The van der Waals surface area contributed by atoms with Crippen molar-refractivity contribution < 1.29 is 27.9 Å². The van der Waals surface area contributed by atoms with Crippen LogP contribution in [-0.4, -0.2) is 31.1 Å². The van der Waals surface area contributed by atoms with E-state index in [1.165, 1.54) is 6.92 Å². The van der Waals surface area contributed by atoms with Crippen LogP contribution < -0.4 is 0 Å². The van der Waals surface area contributed by atoms with Gasteiger partial charge in [0.05, 0.1) is 7.11 Å². The summed E-state index contributed by atoms with van der Waals surface area (Å²) in [5, 5.41) is 0. The summed E-state index contributed by atoms with van der Waals surface area (Å²) in [6, 6.07) is 0. The molecule has 6 heteroatoms. The molecule has 0 saturated heterocycles. The van der Waals surface area contributed by atoms with Gasteiger partial charge in [-0.15, -0.1) is 0 Å². The van der Waals surface area contributed by atoms with Crippen molar-refractivity contribution in [3.63, 3.8) is 0 Å². The first-order valence-electron chi connectivity index (χ1n) is 4.35. The lowest BCUT2D eigenvalue weighted by Gasteiger charge is -2.11. The van der Waals surface area contributed by atoms with Crippen molar-refractivity contribution in [3.8, 4) is 0 Å². The van der Waals surface area contributed by atoms with Gasteiger partial charge < -0.3 is 4.74 Å². The van der Waals surface area contributed by atoms with E-state index in [4.69, 9.17) is 0 Å². The summed E-state index contributed by atoms with van der Waals surface area (Å²) < 4.78 is 28.1. The van der Waals surface area contributed by atoms with Crippen LogP contribution in [0.15, 0.2) is 0 Å². The lowest BCUT2D eigenvalue weighted by Crippen LogP contribution is -2.29. The van der Waals surface area contributed by atoms with Crippen LogP contribution in [-0.2, 0) is 19.1 Å². The smallest absolute Gasteiger partial charge is 0.316 e. The van der Waals surface area contributed by atoms with Gasteiger partial charge in [-0.2, -0.15) is 0 Å². The van der Waals surface area contributed by atoms with Crippen LogP contribution in [0.3, 0.4) is 0 Å². The van der Waals surface area contributed by atoms with Gasteiger partial charge >= 0.3 is 5.97 Å². The Morgan fingerprint density at radius 1 is 1.20 bits per heavy atom. The lowest BCUT2D eigenvalue weighted by atomic mass is 9.96. The van der Waals surface area contributed by atoms with E-state index in [1.54, 1.807) is 0 Å². The molecule has 0 aromatic rings. The predicted octanol–water partition coefficient (Wildman–Crippen LogP) is 0.979. The third-order valence-electron chi connectivity index (χ3n) is 1.87. The summed E-state index contributed by atoms with van der Waals surface area (Å²) in [7, 11) is 1.03. The van der Waals surface area contributed by atoms with Crippen LogP contribution in [0.2, 0.25) is 0 Å². The van der Waals surface area contributed by atoms with Crippen molar-refractivity contribution in [2.75, 3.05) is 7.11 Å². The molecule has 0 aliphatic carbocycles. The van der Waals surface area contributed by atoms with Gasteiger partial charge in [0.15, 0.2) is 5.78 Å². The molecule has 0 aliphatic heterocycles. The molecule has 0 heterocycles. The molecule has 1 unspecified atom stereocenters. The topological polar surface area (TPSA) is 60.4 Å². The number of hydrogen-bond donors (Lipinski definition) is 0. The molecule has 86 valence electrons. The Labute approximate surface area is 85.6 Å². The molecule has 0 fully saturated rings. The Hall–Kier alpha value is -1.33. The molecule has 0 aromatic heterocycles. The normalized spacial score (nSPS) is 12.3. The van der Waals surface area contributed by atoms with Crippen molar-refractivity contribution in [3.05, 3.63) is 0 Å². The molecule has 0 N–H and O–H groups in total. The number of rotatable bonds is 6. The first-order valence-corrected chi connectivity index (χ1v) is 4.35. The molecule has 0 aromatic carbocycles.